The van der Waals surface area contributed by atoms with Crippen LogP contribution in [0.2, 0.25) is 0 Å². The van der Waals surface area contributed by atoms with Crippen molar-refractivity contribution in [2.75, 3.05) is 0 Å². The fourth-order valence-corrected chi connectivity index (χ4v) is 0. The second-order valence-electron chi connectivity index (χ2n) is 0. The molecule has 0 heterocycles. The Morgan fingerprint density at radius 1 is 0.429 bits per heavy atom. The van der Waals surface area contributed by atoms with E-state index in [-0.39, 0.29) is 100 Å². The van der Waals surface area contributed by atoms with Crippen molar-refractivity contribution >= 4 is 0 Å². The molecule has 0 spiro atoms. The van der Waals surface area contributed by atoms with E-state index in [2.05, 4.69) is 0 Å². The van der Waals surface area contributed by atoms with Gasteiger partial charge < -0.3 is 21.9 Å². The molecule has 40 valence electrons. The first kappa shape index (κ1) is 112. The molecule has 0 amide bonds. The molecule has 0 aliphatic carbocycles. The summed E-state index contributed by atoms with van der Waals surface area (Å²) in [6.45, 7) is 0. The average Bonchev–Trinajstić information content (AvgIpc) is 0. The summed E-state index contributed by atoms with van der Waals surface area (Å²) in [5, 5.41) is 0. The summed E-state index contributed by atoms with van der Waals surface area (Å²) in [4.78, 5) is 0. The van der Waals surface area contributed by atoms with Gasteiger partial charge in [-0.15, -0.1) is 0 Å². The Bertz CT molecular complexity index is 9.65. The minimum Gasteiger partial charge on any atom is -0.412 e. The molecule has 0 radical (unpaired) electrons. The minimum atomic E-state index is 0. The van der Waals surface area contributed by atoms with Gasteiger partial charge in [-0.2, -0.15) is 0 Å². The van der Waals surface area contributed by atoms with Crippen LogP contribution in [0.3, 0.4) is 0 Å². The van der Waals surface area contributed by atoms with Crippen LogP contribution in [0.4, 0.5) is 0 Å². The third-order valence-electron chi connectivity index (χ3n) is 0. The van der Waals surface area contributed by atoms with E-state index < -0.39 is 0 Å². The summed E-state index contributed by atoms with van der Waals surface area (Å²) >= 11 is 0. The first-order valence-electron chi connectivity index (χ1n) is 0. The van der Waals surface area contributed by atoms with Crippen molar-refractivity contribution in [2.45, 2.75) is 0 Å². The summed E-state index contributed by atoms with van der Waals surface area (Å²) < 4.78 is 0. The molecule has 0 aliphatic heterocycles. The molecule has 7 heavy (non-hydrogen) atoms. The van der Waals surface area contributed by atoms with Crippen LogP contribution < -0.4 is 59.1 Å². The van der Waals surface area contributed by atoms with Crippen molar-refractivity contribution in [1.29, 1.82) is 0 Å². The van der Waals surface area contributed by atoms with Crippen LogP contribution in [0.15, 0.2) is 0 Å². The Labute approximate surface area is 99.0 Å². The summed E-state index contributed by atoms with van der Waals surface area (Å²) in [6, 6.07) is 0. The molecular weight excluding hydrogens is 211 g/mol. The topological polar surface area (TPSA) is 126 Å². The van der Waals surface area contributed by atoms with Gasteiger partial charge in [0.15, 0.2) is 0 Å². The fourth-order valence-electron chi connectivity index (χ4n) is 0. The van der Waals surface area contributed by atoms with Gasteiger partial charge in [-0.3, -0.25) is 0 Å². The maximum Gasteiger partial charge on any atom is 1.00 e. The van der Waals surface area contributed by atoms with Crippen molar-refractivity contribution < 1.29 is 100 Å². The van der Waals surface area contributed by atoms with E-state index in [0.29, 0.717) is 0 Å². The number of hydrogen-bond donors (Lipinski definition) is 0. The molecule has 4 nitrogen and oxygen atoms in total. The van der Waals surface area contributed by atoms with E-state index in [1.54, 1.807) is 0 Å². The summed E-state index contributed by atoms with van der Waals surface area (Å²) in [5.41, 5.74) is 0. The van der Waals surface area contributed by atoms with Crippen molar-refractivity contribution in [3.05, 3.63) is 0 Å². The van der Waals surface area contributed by atoms with Crippen molar-refractivity contribution in [2.24, 2.45) is 0 Å². The number of hydrogen-bond acceptors (Lipinski definition) is 0. The van der Waals surface area contributed by atoms with E-state index in [9.17, 15) is 0 Å². The van der Waals surface area contributed by atoms with Crippen LogP contribution >= 0.6 is 0 Å². The molecule has 7 heteroatoms. The molecule has 8 N–H and O–H groups in total. The van der Waals surface area contributed by atoms with E-state index in [1.807, 2.05) is 0 Å². The normalized spacial score (nSPS) is 0. The van der Waals surface area contributed by atoms with Crippen LogP contribution in [0.1, 0.15) is 0 Å². The third kappa shape index (κ3) is 58.3. The van der Waals surface area contributed by atoms with Gasteiger partial charge in [-0.1, -0.05) is 0 Å². The van der Waals surface area contributed by atoms with Gasteiger partial charge in [0, 0.05) is 19.5 Å². The van der Waals surface area contributed by atoms with Crippen LogP contribution in [0.5, 0.6) is 0 Å². The molecular formula is H8Na2O4Ru+2. The molecule has 0 atom stereocenters. The quantitative estimate of drug-likeness (QED) is 0.359. The predicted molar refractivity (Wildman–Crippen MR) is 14.5 cm³/mol. The molecule has 0 aromatic carbocycles. The van der Waals surface area contributed by atoms with E-state index in [1.165, 1.54) is 0 Å². The van der Waals surface area contributed by atoms with Crippen molar-refractivity contribution in [3.8, 4) is 0 Å². The average molecular weight is 219 g/mol. The van der Waals surface area contributed by atoms with E-state index in [4.69, 9.17) is 0 Å². The second kappa shape index (κ2) is 77.7. The van der Waals surface area contributed by atoms with Crippen LogP contribution in [0.25, 0.3) is 0 Å². The predicted octanol–water partition coefficient (Wildman–Crippen LogP) is -9.29. The Hall–Kier alpha value is 2.46. The van der Waals surface area contributed by atoms with Crippen molar-refractivity contribution in [1.82, 2.24) is 0 Å². The zero-order chi connectivity index (χ0) is 0. The van der Waals surface area contributed by atoms with Gasteiger partial charge in [-0.05, 0) is 0 Å². The monoisotopic (exact) mass is 220 g/mol. The standard InChI is InChI=1S/2Na.4H2O.Ru/h;;4*1H2;/q2*+1;;;;;. The molecule has 0 aromatic heterocycles. The zero-order valence-electron chi connectivity index (χ0n) is 4.35. The maximum atomic E-state index is 0. The maximum absolute atomic E-state index is 0. The summed E-state index contributed by atoms with van der Waals surface area (Å²) in [7, 11) is 0. The smallest absolute Gasteiger partial charge is 0.412 e. The zero-order valence-corrected chi connectivity index (χ0v) is 10.1. The molecule has 0 aromatic rings. The minimum absolute atomic E-state index is 0. The number of rotatable bonds is 0. The van der Waals surface area contributed by atoms with Gasteiger partial charge >= 0.3 is 59.1 Å². The molecule has 0 rings (SSSR count). The summed E-state index contributed by atoms with van der Waals surface area (Å²) in [6.07, 6.45) is 0. The van der Waals surface area contributed by atoms with Crippen molar-refractivity contribution in [3.63, 3.8) is 0 Å². The van der Waals surface area contributed by atoms with Crippen LogP contribution in [0, 0.1) is 0 Å². The van der Waals surface area contributed by atoms with E-state index >= 15 is 0 Å². The molecule has 0 saturated heterocycles. The van der Waals surface area contributed by atoms with Gasteiger partial charge in [-0.25, -0.2) is 0 Å². The Balaban J connectivity index is 0. The summed E-state index contributed by atoms with van der Waals surface area (Å²) in [5.74, 6) is 0. The first-order chi connectivity index (χ1) is 0. The Morgan fingerprint density at radius 3 is 0.429 bits per heavy atom. The van der Waals surface area contributed by atoms with Gasteiger partial charge in [0.1, 0.15) is 0 Å². The van der Waals surface area contributed by atoms with E-state index in [0.717, 1.165) is 0 Å². The Kier molecular flexibility index (Phi) is 1240. The third-order valence-corrected chi connectivity index (χ3v) is 0. The molecule has 0 fully saturated rings. The van der Waals surface area contributed by atoms with Gasteiger partial charge in [0.05, 0.1) is 0 Å². The SMILES string of the molecule is O.O.O.O.[Na+].[Na+].[Ru]. The molecule has 0 bridgehead atoms. The molecule has 0 aliphatic rings. The van der Waals surface area contributed by atoms with Crippen LogP contribution in [-0.2, 0) is 19.5 Å². The molecule has 0 saturated carbocycles. The second-order valence-corrected chi connectivity index (χ2v) is 0. The first-order valence-corrected chi connectivity index (χ1v) is 0. The van der Waals surface area contributed by atoms with Gasteiger partial charge in [0.25, 0.3) is 0 Å². The largest absolute Gasteiger partial charge is 1.00 e. The molecule has 0 unspecified atom stereocenters. The van der Waals surface area contributed by atoms with Gasteiger partial charge in [0.2, 0.25) is 0 Å². The van der Waals surface area contributed by atoms with Crippen LogP contribution in [-0.4, -0.2) is 21.9 Å². The Morgan fingerprint density at radius 2 is 0.429 bits per heavy atom. The fraction of sp³-hybridized carbons (Fsp3) is 0.